The van der Waals surface area contributed by atoms with E-state index in [9.17, 15) is 0 Å². The van der Waals surface area contributed by atoms with Gasteiger partial charge in [-0.1, -0.05) is 158 Å². The summed E-state index contributed by atoms with van der Waals surface area (Å²) in [5.74, 6) is 1.81. The average Bonchev–Trinajstić information content (AvgIpc) is 3.63. The van der Waals surface area contributed by atoms with Gasteiger partial charge in [-0.15, -0.1) is 0 Å². The highest BCUT2D eigenvalue weighted by molar-refractivity contribution is 6.17. The van der Waals surface area contributed by atoms with Crippen LogP contribution in [0.3, 0.4) is 0 Å². The third-order valence-corrected chi connectivity index (χ3v) is 10.8. The van der Waals surface area contributed by atoms with Gasteiger partial charge in [0.15, 0.2) is 17.5 Å². The van der Waals surface area contributed by atoms with Crippen molar-refractivity contribution in [3.05, 3.63) is 200 Å². The van der Waals surface area contributed by atoms with Crippen molar-refractivity contribution in [3.8, 4) is 62.2 Å². The first-order chi connectivity index (χ1) is 28.3. The van der Waals surface area contributed by atoms with Crippen molar-refractivity contribution in [1.29, 1.82) is 0 Å². The van der Waals surface area contributed by atoms with Crippen LogP contribution in [0.1, 0.15) is 0 Å². The Bertz CT molecular complexity index is 3210. The highest BCUT2D eigenvalue weighted by Crippen LogP contribution is 2.40. The summed E-state index contributed by atoms with van der Waals surface area (Å²) in [7, 11) is 0. The zero-order valence-electron chi connectivity index (χ0n) is 30.8. The molecule has 0 amide bonds. The van der Waals surface area contributed by atoms with E-state index in [1.54, 1.807) is 0 Å². The minimum Gasteiger partial charge on any atom is -0.309 e. The monoisotopic (exact) mass is 727 g/mol. The second-order valence-corrected chi connectivity index (χ2v) is 14.2. The van der Waals surface area contributed by atoms with Crippen molar-refractivity contribution in [1.82, 2.24) is 24.5 Å². The molecule has 5 heteroatoms. The maximum absolute atomic E-state index is 5.36. The minimum atomic E-state index is 0.590. The molecule has 11 aromatic rings. The molecular formula is C52H33N5. The SMILES string of the molecule is c1ccc(-c2nc(-c3ccc(-n4c5ccccc5c5ccccc54)cc3)nc(-c3ccc4c(c3)nc(-c3ccccc3)c3cccc(-c5ccccc5)c34)n2)cc1. The zero-order chi connectivity index (χ0) is 37.7. The average molecular weight is 728 g/mol. The summed E-state index contributed by atoms with van der Waals surface area (Å²) in [6.07, 6.45) is 0. The maximum atomic E-state index is 5.36. The summed E-state index contributed by atoms with van der Waals surface area (Å²) in [5, 5.41) is 5.82. The number of pyridine rings is 1. The molecule has 0 saturated heterocycles. The fraction of sp³-hybridized carbons (Fsp3) is 0. The van der Waals surface area contributed by atoms with Crippen LogP contribution in [0.4, 0.5) is 0 Å². The van der Waals surface area contributed by atoms with Gasteiger partial charge in [-0.05, 0) is 53.6 Å². The number of hydrogen-bond donors (Lipinski definition) is 0. The van der Waals surface area contributed by atoms with E-state index in [4.69, 9.17) is 19.9 Å². The Balaban J connectivity index is 1.08. The fourth-order valence-corrected chi connectivity index (χ4v) is 8.18. The van der Waals surface area contributed by atoms with E-state index in [0.29, 0.717) is 17.5 Å². The van der Waals surface area contributed by atoms with Gasteiger partial charge in [0, 0.05) is 54.9 Å². The molecule has 57 heavy (non-hydrogen) atoms. The highest BCUT2D eigenvalue weighted by atomic mass is 15.0. The number of rotatable bonds is 6. The zero-order valence-corrected chi connectivity index (χ0v) is 30.8. The van der Waals surface area contributed by atoms with E-state index in [-0.39, 0.29) is 0 Å². The minimum absolute atomic E-state index is 0.590. The van der Waals surface area contributed by atoms with Gasteiger partial charge in [-0.25, -0.2) is 19.9 Å². The summed E-state index contributed by atoms with van der Waals surface area (Å²) >= 11 is 0. The van der Waals surface area contributed by atoms with Crippen LogP contribution in [0, 0.1) is 0 Å². The lowest BCUT2D eigenvalue weighted by Crippen LogP contribution is -2.01. The Hall–Kier alpha value is -7.76. The second-order valence-electron chi connectivity index (χ2n) is 14.2. The van der Waals surface area contributed by atoms with Crippen molar-refractivity contribution >= 4 is 43.5 Å². The molecule has 0 N–H and O–H groups in total. The molecule has 0 radical (unpaired) electrons. The Morgan fingerprint density at radius 1 is 0.316 bits per heavy atom. The summed E-state index contributed by atoms with van der Waals surface area (Å²) in [5.41, 5.74) is 11.3. The summed E-state index contributed by atoms with van der Waals surface area (Å²) in [6, 6.07) is 69.7. The third kappa shape index (κ3) is 5.64. The summed E-state index contributed by atoms with van der Waals surface area (Å²) < 4.78 is 2.32. The molecule has 0 fully saturated rings. The smallest absolute Gasteiger partial charge is 0.164 e. The van der Waals surface area contributed by atoms with Crippen LogP contribution in [0.15, 0.2) is 200 Å². The lowest BCUT2D eigenvalue weighted by molar-refractivity contribution is 1.07. The molecule has 0 aliphatic rings. The number of benzene rings is 8. The van der Waals surface area contributed by atoms with Crippen molar-refractivity contribution in [2.24, 2.45) is 0 Å². The number of nitrogens with zero attached hydrogens (tertiary/aromatic N) is 5. The molecule has 3 aromatic heterocycles. The predicted octanol–water partition coefficient (Wildman–Crippen LogP) is 13.0. The number of hydrogen-bond acceptors (Lipinski definition) is 4. The molecule has 0 spiro atoms. The van der Waals surface area contributed by atoms with Crippen LogP contribution in [0.5, 0.6) is 0 Å². The van der Waals surface area contributed by atoms with Gasteiger partial charge in [0.25, 0.3) is 0 Å². The van der Waals surface area contributed by atoms with Crippen LogP contribution < -0.4 is 0 Å². The van der Waals surface area contributed by atoms with Crippen LogP contribution in [0.25, 0.3) is 106 Å². The quantitative estimate of drug-likeness (QED) is 0.160. The highest BCUT2D eigenvalue weighted by Gasteiger charge is 2.18. The van der Waals surface area contributed by atoms with Crippen molar-refractivity contribution in [2.75, 3.05) is 0 Å². The Labute approximate surface area is 329 Å². The maximum Gasteiger partial charge on any atom is 0.164 e. The first kappa shape index (κ1) is 32.7. The molecule has 0 aliphatic heterocycles. The van der Waals surface area contributed by atoms with Crippen molar-refractivity contribution < 1.29 is 0 Å². The molecule has 5 nitrogen and oxygen atoms in total. The molecule has 11 rings (SSSR count). The fourth-order valence-electron chi connectivity index (χ4n) is 8.18. The topological polar surface area (TPSA) is 56.5 Å². The predicted molar refractivity (Wildman–Crippen MR) is 234 cm³/mol. The number of para-hydroxylation sites is 2. The molecule has 8 aromatic carbocycles. The second kappa shape index (κ2) is 13.5. The Morgan fingerprint density at radius 2 is 0.807 bits per heavy atom. The molecule has 3 heterocycles. The molecule has 0 saturated carbocycles. The van der Waals surface area contributed by atoms with E-state index >= 15 is 0 Å². The molecule has 0 atom stereocenters. The Morgan fingerprint density at radius 3 is 1.44 bits per heavy atom. The van der Waals surface area contributed by atoms with Gasteiger partial charge < -0.3 is 4.57 Å². The van der Waals surface area contributed by atoms with Crippen LogP contribution in [-0.2, 0) is 0 Å². The largest absolute Gasteiger partial charge is 0.309 e. The van der Waals surface area contributed by atoms with E-state index < -0.39 is 0 Å². The number of aromatic nitrogens is 5. The van der Waals surface area contributed by atoms with E-state index in [2.05, 4.69) is 168 Å². The van der Waals surface area contributed by atoms with Crippen molar-refractivity contribution in [2.45, 2.75) is 0 Å². The van der Waals surface area contributed by atoms with Crippen LogP contribution in [-0.4, -0.2) is 24.5 Å². The standard InChI is InChI=1S/C52H33N5/c1-4-15-34(16-5-1)40-23-14-24-44-48(40)43-32-29-38(33-45(43)53-49(44)35-17-6-2-7-18-35)52-55-50(36-19-8-3-9-20-36)54-51(56-52)37-27-30-39(31-28-37)57-46-25-12-10-21-41(46)42-22-11-13-26-47(42)57/h1-33H. The Kier molecular flexibility index (Phi) is 7.74. The van der Waals surface area contributed by atoms with Crippen LogP contribution in [0.2, 0.25) is 0 Å². The van der Waals surface area contributed by atoms with Crippen LogP contribution >= 0.6 is 0 Å². The molecular weight excluding hydrogens is 695 g/mol. The van der Waals surface area contributed by atoms with Gasteiger partial charge in [0.05, 0.1) is 22.2 Å². The van der Waals surface area contributed by atoms with E-state index in [1.807, 2.05) is 36.4 Å². The van der Waals surface area contributed by atoms with Gasteiger partial charge in [0.2, 0.25) is 0 Å². The van der Waals surface area contributed by atoms with Gasteiger partial charge >= 0.3 is 0 Å². The van der Waals surface area contributed by atoms with Gasteiger partial charge in [0.1, 0.15) is 0 Å². The first-order valence-corrected chi connectivity index (χ1v) is 19.1. The summed E-state index contributed by atoms with van der Waals surface area (Å²) in [4.78, 5) is 20.6. The van der Waals surface area contributed by atoms with E-state index in [1.165, 1.54) is 32.8 Å². The molecule has 266 valence electrons. The van der Waals surface area contributed by atoms with E-state index in [0.717, 1.165) is 55.5 Å². The summed E-state index contributed by atoms with van der Waals surface area (Å²) in [6.45, 7) is 0. The lowest BCUT2D eigenvalue weighted by atomic mass is 9.92. The van der Waals surface area contributed by atoms with Crippen molar-refractivity contribution in [3.63, 3.8) is 0 Å². The lowest BCUT2D eigenvalue weighted by Gasteiger charge is -2.15. The number of fused-ring (bicyclic) bond motifs is 6. The first-order valence-electron chi connectivity index (χ1n) is 19.1. The van der Waals surface area contributed by atoms with Gasteiger partial charge in [-0.2, -0.15) is 0 Å². The molecule has 0 unspecified atom stereocenters. The third-order valence-electron chi connectivity index (χ3n) is 10.8. The normalized spacial score (nSPS) is 11.5. The molecule has 0 bridgehead atoms. The molecule has 0 aliphatic carbocycles. The van der Waals surface area contributed by atoms with Gasteiger partial charge in [-0.3, -0.25) is 0 Å².